The molecule has 0 aromatic heterocycles. The van der Waals surface area contributed by atoms with Crippen molar-refractivity contribution in [1.29, 1.82) is 0 Å². The molecular weight excluding hydrogens is 1120 g/mol. The van der Waals surface area contributed by atoms with Gasteiger partial charge in [-0.05, 0) is 211 Å². The van der Waals surface area contributed by atoms with E-state index < -0.39 is 0 Å². The monoisotopic (exact) mass is 1210 g/mol. The molecule has 0 bridgehead atoms. The fourth-order valence-corrected chi connectivity index (χ4v) is 12.4. The number of hydrogen-bond donors (Lipinski definition) is 0. The first-order valence-electron chi connectivity index (χ1n) is 33.4. The van der Waals surface area contributed by atoms with Gasteiger partial charge in [0.15, 0.2) is 0 Å². The van der Waals surface area contributed by atoms with Crippen molar-refractivity contribution in [3.63, 3.8) is 0 Å². The Kier molecular flexibility index (Phi) is 23.2. The zero-order valence-corrected chi connectivity index (χ0v) is 56.1. The quantitative estimate of drug-likeness (QED) is 0.0837. The predicted octanol–water partition coefficient (Wildman–Crippen LogP) is 26.7. The summed E-state index contributed by atoms with van der Waals surface area (Å²) in [5.41, 5.74) is 10.8. The van der Waals surface area contributed by atoms with Gasteiger partial charge in [-0.3, -0.25) is 0 Å². The third kappa shape index (κ3) is 17.9. The van der Waals surface area contributed by atoms with Gasteiger partial charge in [0, 0.05) is 0 Å². The third-order valence-corrected chi connectivity index (χ3v) is 17.6. The maximum atomic E-state index is 4.97. The molecule has 16 aromatic rings. The van der Waals surface area contributed by atoms with Gasteiger partial charge >= 0.3 is 0 Å². The van der Waals surface area contributed by atoms with Crippen molar-refractivity contribution in [3.05, 3.63) is 342 Å². The van der Waals surface area contributed by atoms with Crippen LogP contribution in [-0.2, 0) is 6.42 Å². The van der Waals surface area contributed by atoms with E-state index in [-0.39, 0.29) is 0 Å². The molecule has 0 unspecified atom stereocenters. The predicted molar refractivity (Wildman–Crippen MR) is 411 cm³/mol. The van der Waals surface area contributed by atoms with Crippen LogP contribution in [0.3, 0.4) is 0 Å². The molecule has 0 aliphatic rings. The van der Waals surface area contributed by atoms with Crippen molar-refractivity contribution >= 4 is 97.0 Å². The van der Waals surface area contributed by atoms with Gasteiger partial charge < -0.3 is 4.74 Å². The smallest absolute Gasteiger partial charge is 0.118 e. The standard InChI is InChI=1S/C17H12.2C15H12.C15H24.2C11H10.C8H10O/c1-11-9-14-7-5-12-3-2-4-13-6-8-15(10-11)17(14)16(12)13;1-11-14-8-4-2-6-12(14)10-13-7-3-5-9-15(11)13;1-11-6-7-14-9-12-4-2-3-5-13(12)10-15(14)8-11;1-3-4-5-6-7-8-9-15-12-10-14(2)11-13-15;1-9-5-4-7-10-6-2-3-8-11(9)10;1-9-6-7-10-4-2-3-5-11(10)8-9;1-7-3-5-8(9-2)6-4-7/h2-10H,1H3;2*2-10H,1H3;10-13H,3-9H2,1-2H3;2*2-8H,1H3;3-6H,1-2H3. The lowest BCUT2D eigenvalue weighted by atomic mass is 9.93. The molecule has 0 N–H and O–H groups in total. The van der Waals surface area contributed by atoms with Crippen LogP contribution in [0.5, 0.6) is 5.75 Å². The van der Waals surface area contributed by atoms with Crippen molar-refractivity contribution in [2.45, 2.75) is 100 Å². The lowest BCUT2D eigenvalue weighted by molar-refractivity contribution is 0.414. The van der Waals surface area contributed by atoms with Crippen LogP contribution in [0, 0.1) is 48.5 Å². The van der Waals surface area contributed by atoms with Crippen LogP contribution in [0.25, 0.3) is 97.0 Å². The lowest BCUT2D eigenvalue weighted by Gasteiger charge is -2.11. The fourth-order valence-electron chi connectivity index (χ4n) is 12.4. The molecule has 93 heavy (non-hydrogen) atoms. The maximum Gasteiger partial charge on any atom is 0.118 e. The van der Waals surface area contributed by atoms with E-state index in [1.807, 2.05) is 24.3 Å². The molecule has 1 heteroatoms. The highest BCUT2D eigenvalue weighted by molar-refractivity contribution is 6.23. The minimum Gasteiger partial charge on any atom is -0.497 e. The Morgan fingerprint density at radius 2 is 0.613 bits per heavy atom. The number of benzene rings is 16. The fraction of sp³-hybridized carbons (Fsp3) is 0.174. The SMILES string of the molecule is CCCCCCCCc1ccc(C)cc1.COc1ccc(C)cc1.Cc1c2ccccc2cc2ccccc12.Cc1cc2ccc3cccc4ccc(c1)c2c34.Cc1ccc2cc3ccccc3cc2c1.Cc1ccc2ccccc2c1.Cc1cccc2ccccc12. The van der Waals surface area contributed by atoms with Gasteiger partial charge in [-0.1, -0.05) is 328 Å². The summed E-state index contributed by atoms with van der Waals surface area (Å²) in [4.78, 5) is 0. The number of methoxy groups -OCH3 is 1. The van der Waals surface area contributed by atoms with Crippen molar-refractivity contribution in [2.75, 3.05) is 7.11 Å². The zero-order chi connectivity index (χ0) is 64.9. The van der Waals surface area contributed by atoms with Gasteiger partial charge in [0.25, 0.3) is 0 Å². The van der Waals surface area contributed by atoms with Crippen molar-refractivity contribution in [3.8, 4) is 5.75 Å². The van der Waals surface area contributed by atoms with Gasteiger partial charge in [-0.2, -0.15) is 0 Å². The Morgan fingerprint density at radius 1 is 0.247 bits per heavy atom. The minimum absolute atomic E-state index is 0.917. The van der Waals surface area contributed by atoms with E-state index in [4.69, 9.17) is 4.74 Å². The van der Waals surface area contributed by atoms with Crippen molar-refractivity contribution < 1.29 is 4.74 Å². The molecular formula is C92H90O. The second-order valence-electron chi connectivity index (χ2n) is 25.0. The Bertz CT molecular complexity index is 4880. The highest BCUT2D eigenvalue weighted by atomic mass is 16.5. The molecule has 0 radical (unpaired) electrons. The second-order valence-corrected chi connectivity index (χ2v) is 25.0. The van der Waals surface area contributed by atoms with Gasteiger partial charge in [0.1, 0.15) is 5.75 Å². The van der Waals surface area contributed by atoms with Crippen LogP contribution in [0.2, 0.25) is 0 Å². The Morgan fingerprint density at radius 3 is 1.18 bits per heavy atom. The van der Waals surface area contributed by atoms with E-state index in [1.54, 1.807) is 7.11 Å². The first kappa shape index (κ1) is 65.9. The van der Waals surface area contributed by atoms with E-state index in [9.17, 15) is 0 Å². The average molecular weight is 1210 g/mol. The Labute approximate surface area is 553 Å². The molecule has 1 nitrogen and oxygen atoms in total. The van der Waals surface area contributed by atoms with Crippen LogP contribution in [0.15, 0.2) is 297 Å². The number of hydrogen-bond acceptors (Lipinski definition) is 1. The number of aryl methyl sites for hydroxylation is 8. The summed E-state index contributed by atoms with van der Waals surface area (Å²) in [5, 5.41) is 24.2. The van der Waals surface area contributed by atoms with E-state index >= 15 is 0 Å². The summed E-state index contributed by atoms with van der Waals surface area (Å²) in [6, 6.07) is 106. The zero-order valence-electron chi connectivity index (χ0n) is 56.1. The largest absolute Gasteiger partial charge is 0.497 e. The average Bonchev–Trinajstić information content (AvgIpc) is 0.766. The highest BCUT2D eigenvalue weighted by Crippen LogP contribution is 2.35. The van der Waals surface area contributed by atoms with Crippen LogP contribution >= 0.6 is 0 Å². The first-order chi connectivity index (χ1) is 45.4. The highest BCUT2D eigenvalue weighted by Gasteiger charge is 2.08. The summed E-state index contributed by atoms with van der Waals surface area (Å²) in [6.07, 6.45) is 9.60. The molecule has 464 valence electrons. The Hall–Kier alpha value is -10.1. The van der Waals surface area contributed by atoms with Crippen LogP contribution < -0.4 is 4.74 Å². The normalized spacial score (nSPS) is 10.7. The van der Waals surface area contributed by atoms with E-state index in [1.165, 1.54) is 186 Å². The van der Waals surface area contributed by atoms with Gasteiger partial charge in [0.05, 0.1) is 7.11 Å². The van der Waals surface area contributed by atoms with Gasteiger partial charge in [0.2, 0.25) is 0 Å². The molecule has 0 atom stereocenters. The molecule has 0 saturated heterocycles. The molecule has 0 saturated carbocycles. The summed E-state index contributed by atoms with van der Waals surface area (Å²) < 4.78 is 4.97. The maximum absolute atomic E-state index is 4.97. The Balaban J connectivity index is 0.000000120. The van der Waals surface area contributed by atoms with Crippen LogP contribution in [0.4, 0.5) is 0 Å². The number of ether oxygens (including phenoxy) is 1. The number of fused-ring (bicyclic) bond motifs is 6. The van der Waals surface area contributed by atoms with E-state index in [0.717, 1.165) is 5.75 Å². The second kappa shape index (κ2) is 32.8. The molecule has 16 aromatic carbocycles. The van der Waals surface area contributed by atoms with Gasteiger partial charge in [-0.25, -0.2) is 0 Å². The topological polar surface area (TPSA) is 9.23 Å². The number of unbranched alkanes of at least 4 members (excludes halogenated alkanes) is 5. The molecule has 0 spiro atoms. The molecule has 0 aliphatic heterocycles. The molecule has 0 heterocycles. The lowest BCUT2D eigenvalue weighted by Crippen LogP contribution is -1.86. The summed E-state index contributed by atoms with van der Waals surface area (Å²) in [7, 11) is 1.67. The molecule has 16 rings (SSSR count). The summed E-state index contributed by atoms with van der Waals surface area (Å²) in [5.74, 6) is 0.917. The first-order valence-corrected chi connectivity index (χ1v) is 33.4. The third-order valence-electron chi connectivity index (χ3n) is 17.6. The summed E-state index contributed by atoms with van der Waals surface area (Å²) >= 11 is 0. The number of rotatable bonds is 8. The van der Waals surface area contributed by atoms with Crippen molar-refractivity contribution in [2.24, 2.45) is 0 Å². The van der Waals surface area contributed by atoms with Crippen LogP contribution in [0.1, 0.15) is 90.0 Å². The van der Waals surface area contributed by atoms with Crippen LogP contribution in [-0.4, -0.2) is 7.11 Å². The van der Waals surface area contributed by atoms with Crippen molar-refractivity contribution in [1.82, 2.24) is 0 Å². The minimum atomic E-state index is 0.917. The van der Waals surface area contributed by atoms with Gasteiger partial charge in [-0.15, -0.1) is 0 Å². The molecule has 0 aliphatic carbocycles. The molecule has 0 fully saturated rings. The summed E-state index contributed by atoms with van der Waals surface area (Å²) in [6.45, 7) is 17.2. The van der Waals surface area contributed by atoms with E-state index in [2.05, 4.69) is 328 Å². The molecule has 0 amide bonds. The van der Waals surface area contributed by atoms with E-state index in [0.29, 0.717) is 0 Å².